The monoisotopic (exact) mass is 459 g/mol. The van der Waals surface area contributed by atoms with E-state index in [-0.39, 0.29) is 18.4 Å². The molecule has 2 amide bonds. The molecule has 0 aliphatic carbocycles. The summed E-state index contributed by atoms with van der Waals surface area (Å²) in [5.41, 5.74) is 3.04. The second-order valence-electron chi connectivity index (χ2n) is 8.08. The molecule has 6 heteroatoms. The number of hydrogen-bond acceptors (Lipinski definition) is 4. The van der Waals surface area contributed by atoms with Crippen molar-refractivity contribution in [1.82, 2.24) is 5.32 Å². The molecule has 0 bridgehead atoms. The fourth-order valence-corrected chi connectivity index (χ4v) is 3.39. The van der Waals surface area contributed by atoms with Crippen LogP contribution in [-0.4, -0.2) is 25.0 Å². The van der Waals surface area contributed by atoms with Gasteiger partial charge in [0.25, 0.3) is 5.91 Å². The Morgan fingerprint density at radius 2 is 1.62 bits per heavy atom. The Morgan fingerprint density at radius 1 is 0.824 bits per heavy atom. The van der Waals surface area contributed by atoms with Gasteiger partial charge in [-0.2, -0.15) is 0 Å². The average Bonchev–Trinajstić information content (AvgIpc) is 2.87. The smallest absolute Gasteiger partial charge is 0.251 e. The topological polar surface area (TPSA) is 79.5 Å². The lowest BCUT2D eigenvalue weighted by Gasteiger charge is -2.11. The highest BCUT2D eigenvalue weighted by atomic mass is 16.5. The molecule has 0 aliphatic heterocycles. The summed E-state index contributed by atoms with van der Waals surface area (Å²) in [5, 5.41) is 8.86. The highest BCUT2D eigenvalue weighted by molar-refractivity contribution is 5.96. The summed E-state index contributed by atoms with van der Waals surface area (Å²) in [6.45, 7) is 3.48. The molecular formula is C28H33N3O3. The van der Waals surface area contributed by atoms with Gasteiger partial charge in [0.2, 0.25) is 5.91 Å². The molecule has 0 radical (unpaired) electrons. The first-order chi connectivity index (χ1) is 16.6. The van der Waals surface area contributed by atoms with Crippen LogP contribution < -0.4 is 20.7 Å². The van der Waals surface area contributed by atoms with Gasteiger partial charge in [0.15, 0.2) is 0 Å². The molecule has 0 fully saturated rings. The second-order valence-corrected chi connectivity index (χ2v) is 8.08. The average molecular weight is 460 g/mol. The Balaban J connectivity index is 1.41. The van der Waals surface area contributed by atoms with Crippen LogP contribution in [0.4, 0.5) is 11.4 Å². The van der Waals surface area contributed by atoms with Crippen LogP contribution in [0.2, 0.25) is 0 Å². The lowest BCUT2D eigenvalue weighted by atomic mass is 10.1. The van der Waals surface area contributed by atoms with Crippen LogP contribution in [-0.2, 0) is 11.3 Å². The zero-order valence-corrected chi connectivity index (χ0v) is 19.7. The number of rotatable bonds is 13. The molecule has 3 aromatic carbocycles. The molecule has 0 atom stereocenters. The van der Waals surface area contributed by atoms with E-state index in [1.54, 1.807) is 24.3 Å². The molecule has 178 valence electrons. The second kappa shape index (κ2) is 13.7. The van der Waals surface area contributed by atoms with Crippen LogP contribution in [0, 0.1) is 0 Å². The standard InChI is InChI=1S/C28H33N3O3/c1-2-3-4-8-18-34-26-13-9-12-25(19-26)29-21-27(32)31-24-16-14-23(15-17-24)28(33)30-20-22-10-6-5-7-11-22/h5-7,9-17,19,29H,2-4,8,18,20-21H2,1H3,(H,30,33)(H,31,32). The first kappa shape index (κ1) is 24.8. The molecule has 3 aromatic rings. The number of carbonyl (C=O) groups is 2. The molecule has 0 aliphatic rings. The molecule has 0 saturated heterocycles. The maximum absolute atomic E-state index is 12.3. The Labute approximate surface area is 201 Å². The Hall–Kier alpha value is -3.80. The zero-order chi connectivity index (χ0) is 24.0. The molecule has 0 spiro atoms. The SMILES string of the molecule is CCCCCCOc1cccc(NCC(=O)Nc2ccc(C(=O)NCc3ccccc3)cc2)c1. The molecule has 0 unspecified atom stereocenters. The first-order valence-electron chi connectivity index (χ1n) is 11.8. The number of ether oxygens (including phenoxy) is 1. The maximum Gasteiger partial charge on any atom is 0.251 e. The van der Waals surface area contributed by atoms with Gasteiger partial charge in [-0.05, 0) is 48.4 Å². The minimum atomic E-state index is -0.174. The molecule has 0 aromatic heterocycles. The van der Waals surface area contributed by atoms with Crippen molar-refractivity contribution >= 4 is 23.2 Å². The molecule has 34 heavy (non-hydrogen) atoms. The number of benzene rings is 3. The van der Waals surface area contributed by atoms with Crippen molar-refractivity contribution in [3.05, 3.63) is 90.0 Å². The predicted molar refractivity (Wildman–Crippen MR) is 137 cm³/mol. The highest BCUT2D eigenvalue weighted by Crippen LogP contribution is 2.18. The van der Waals surface area contributed by atoms with E-state index in [9.17, 15) is 9.59 Å². The normalized spacial score (nSPS) is 10.4. The summed E-state index contributed by atoms with van der Waals surface area (Å²) in [4.78, 5) is 24.7. The molecule has 3 rings (SSSR count). The van der Waals surface area contributed by atoms with E-state index in [0.717, 1.165) is 23.4 Å². The van der Waals surface area contributed by atoms with Gasteiger partial charge in [0.05, 0.1) is 13.2 Å². The summed E-state index contributed by atoms with van der Waals surface area (Å²) in [6, 6.07) is 24.2. The van der Waals surface area contributed by atoms with Crippen molar-refractivity contribution in [1.29, 1.82) is 0 Å². The van der Waals surface area contributed by atoms with Gasteiger partial charge in [-0.25, -0.2) is 0 Å². The number of nitrogens with one attached hydrogen (secondary N) is 3. The predicted octanol–water partition coefficient (Wildman–Crippen LogP) is 5.63. The van der Waals surface area contributed by atoms with Gasteiger partial charge in [-0.3, -0.25) is 9.59 Å². The number of hydrogen-bond donors (Lipinski definition) is 3. The third kappa shape index (κ3) is 8.62. The summed E-state index contributed by atoms with van der Waals surface area (Å²) in [7, 11) is 0. The lowest BCUT2D eigenvalue weighted by Crippen LogP contribution is -2.23. The maximum atomic E-state index is 12.3. The molecular weight excluding hydrogens is 426 g/mol. The van der Waals surface area contributed by atoms with E-state index in [1.165, 1.54) is 19.3 Å². The van der Waals surface area contributed by atoms with E-state index in [2.05, 4.69) is 22.9 Å². The molecule has 0 heterocycles. The van der Waals surface area contributed by atoms with E-state index >= 15 is 0 Å². The minimum absolute atomic E-state index is 0.124. The Bertz CT molecular complexity index is 1040. The fraction of sp³-hybridized carbons (Fsp3) is 0.286. The number of unbranched alkanes of at least 4 members (excludes halogenated alkanes) is 3. The van der Waals surface area contributed by atoms with Gasteiger partial charge in [0, 0.05) is 29.5 Å². The quantitative estimate of drug-likeness (QED) is 0.290. The van der Waals surface area contributed by atoms with Gasteiger partial charge < -0.3 is 20.7 Å². The van der Waals surface area contributed by atoms with Crippen LogP contribution in [0.15, 0.2) is 78.9 Å². The Kier molecular flexibility index (Phi) is 9.99. The Morgan fingerprint density at radius 3 is 2.38 bits per heavy atom. The summed E-state index contributed by atoms with van der Waals surface area (Å²) in [6.07, 6.45) is 4.65. The van der Waals surface area contributed by atoms with Crippen molar-refractivity contribution in [3.8, 4) is 5.75 Å². The highest BCUT2D eigenvalue weighted by Gasteiger charge is 2.07. The number of anilines is 2. The van der Waals surface area contributed by atoms with Crippen LogP contribution in [0.1, 0.15) is 48.5 Å². The summed E-state index contributed by atoms with van der Waals surface area (Å²) < 4.78 is 5.80. The molecule has 6 nitrogen and oxygen atoms in total. The van der Waals surface area contributed by atoms with Crippen molar-refractivity contribution in [2.45, 2.75) is 39.2 Å². The van der Waals surface area contributed by atoms with Crippen LogP contribution in [0.3, 0.4) is 0 Å². The fourth-order valence-electron chi connectivity index (χ4n) is 3.39. The molecule has 0 saturated carbocycles. The summed E-state index contributed by atoms with van der Waals surface area (Å²) >= 11 is 0. The van der Waals surface area contributed by atoms with Crippen LogP contribution in [0.25, 0.3) is 0 Å². The van der Waals surface area contributed by atoms with E-state index < -0.39 is 0 Å². The van der Waals surface area contributed by atoms with Crippen molar-refractivity contribution in [2.75, 3.05) is 23.8 Å². The zero-order valence-electron chi connectivity index (χ0n) is 19.7. The van der Waals surface area contributed by atoms with Crippen molar-refractivity contribution in [2.24, 2.45) is 0 Å². The molecule has 3 N–H and O–H groups in total. The van der Waals surface area contributed by atoms with Gasteiger partial charge in [-0.15, -0.1) is 0 Å². The lowest BCUT2D eigenvalue weighted by molar-refractivity contribution is -0.114. The number of carbonyl (C=O) groups excluding carboxylic acids is 2. The van der Waals surface area contributed by atoms with Crippen molar-refractivity contribution < 1.29 is 14.3 Å². The van der Waals surface area contributed by atoms with Crippen LogP contribution >= 0.6 is 0 Å². The van der Waals surface area contributed by atoms with E-state index in [1.807, 2.05) is 54.6 Å². The van der Waals surface area contributed by atoms with Crippen molar-refractivity contribution in [3.63, 3.8) is 0 Å². The largest absolute Gasteiger partial charge is 0.494 e. The van der Waals surface area contributed by atoms with Crippen LogP contribution in [0.5, 0.6) is 5.75 Å². The van der Waals surface area contributed by atoms with Gasteiger partial charge >= 0.3 is 0 Å². The van der Waals surface area contributed by atoms with E-state index in [0.29, 0.717) is 24.4 Å². The first-order valence-corrected chi connectivity index (χ1v) is 11.8. The van der Waals surface area contributed by atoms with Gasteiger partial charge in [0.1, 0.15) is 5.75 Å². The van der Waals surface area contributed by atoms with Gasteiger partial charge in [-0.1, -0.05) is 62.6 Å². The third-order valence-electron chi connectivity index (χ3n) is 5.28. The minimum Gasteiger partial charge on any atom is -0.494 e. The number of amides is 2. The van der Waals surface area contributed by atoms with E-state index in [4.69, 9.17) is 4.74 Å². The summed E-state index contributed by atoms with van der Waals surface area (Å²) in [5.74, 6) is 0.464. The third-order valence-corrected chi connectivity index (χ3v) is 5.28.